The van der Waals surface area contributed by atoms with Gasteiger partial charge in [-0.15, -0.1) is 11.3 Å². The first-order chi connectivity index (χ1) is 10.3. The van der Waals surface area contributed by atoms with Crippen LogP contribution in [0.25, 0.3) is 0 Å². The Morgan fingerprint density at radius 2 is 2.14 bits per heavy atom. The van der Waals surface area contributed by atoms with E-state index in [0.29, 0.717) is 6.04 Å². The smallest absolute Gasteiger partial charge is 0.107 e. The summed E-state index contributed by atoms with van der Waals surface area (Å²) in [5.41, 5.74) is 0.851. The molecule has 1 fully saturated rings. The number of nitriles is 1. The van der Waals surface area contributed by atoms with E-state index < -0.39 is 0 Å². The zero-order chi connectivity index (χ0) is 14.7. The Kier molecular flexibility index (Phi) is 4.05. The third kappa shape index (κ3) is 2.85. The van der Waals surface area contributed by atoms with Crippen LogP contribution in [-0.2, 0) is 18.4 Å². The van der Waals surface area contributed by atoms with E-state index in [-0.39, 0.29) is 5.41 Å². The van der Waals surface area contributed by atoms with Crippen molar-refractivity contribution in [1.29, 1.82) is 5.26 Å². The molecule has 0 unspecified atom stereocenters. The Morgan fingerprint density at radius 3 is 2.76 bits per heavy atom. The number of rotatable bonds is 5. The van der Waals surface area contributed by atoms with Crippen LogP contribution in [0.5, 0.6) is 0 Å². The van der Waals surface area contributed by atoms with E-state index in [1.807, 2.05) is 24.4 Å². The lowest BCUT2D eigenvalue weighted by atomic mass is 9.62. The summed E-state index contributed by atoms with van der Waals surface area (Å²) in [5.74, 6) is 0. The molecule has 1 heterocycles. The van der Waals surface area contributed by atoms with E-state index in [1.54, 1.807) is 11.3 Å². The lowest BCUT2D eigenvalue weighted by molar-refractivity contribution is 0.225. The fourth-order valence-electron chi connectivity index (χ4n) is 2.90. The van der Waals surface area contributed by atoms with Crippen molar-refractivity contribution in [3.63, 3.8) is 0 Å². The van der Waals surface area contributed by atoms with Gasteiger partial charge in [-0.25, -0.2) is 4.98 Å². The van der Waals surface area contributed by atoms with Gasteiger partial charge in [-0.3, -0.25) is 0 Å². The molecule has 1 aromatic heterocycles. The first kappa shape index (κ1) is 14.2. The van der Waals surface area contributed by atoms with Crippen molar-refractivity contribution in [2.75, 3.05) is 0 Å². The Bertz CT molecular complexity index is 636. The third-order valence-corrected chi connectivity index (χ3v) is 5.36. The van der Waals surface area contributed by atoms with Crippen molar-refractivity contribution in [2.24, 2.45) is 0 Å². The highest BCUT2D eigenvalue weighted by atomic mass is 32.1. The minimum atomic E-state index is -0.295. The molecule has 4 heteroatoms. The lowest BCUT2D eigenvalue weighted by Gasteiger charge is -2.43. The molecule has 0 amide bonds. The highest BCUT2D eigenvalue weighted by molar-refractivity contribution is 7.11. The molecule has 1 aromatic carbocycles. The molecule has 1 aliphatic rings. The molecular formula is C17H19N3S. The summed E-state index contributed by atoms with van der Waals surface area (Å²) in [6.45, 7) is 2.96. The molecule has 21 heavy (non-hydrogen) atoms. The maximum absolute atomic E-state index is 9.54. The van der Waals surface area contributed by atoms with Crippen LogP contribution < -0.4 is 5.32 Å². The molecule has 3 nitrogen and oxygen atoms in total. The number of aryl methyl sites for hydroxylation is 1. The topological polar surface area (TPSA) is 48.7 Å². The summed E-state index contributed by atoms with van der Waals surface area (Å²) in [6.07, 6.45) is 4.79. The van der Waals surface area contributed by atoms with Crippen LogP contribution in [0.2, 0.25) is 0 Å². The van der Waals surface area contributed by atoms with Gasteiger partial charge in [-0.1, -0.05) is 37.3 Å². The predicted molar refractivity (Wildman–Crippen MR) is 85.1 cm³/mol. The summed E-state index contributed by atoms with van der Waals surface area (Å²) in [4.78, 5) is 5.75. The first-order valence-corrected chi connectivity index (χ1v) is 8.21. The summed E-state index contributed by atoms with van der Waals surface area (Å²) < 4.78 is 0. The molecule has 0 spiro atoms. The molecule has 0 saturated heterocycles. The number of thiazole rings is 1. The molecule has 2 aromatic rings. The van der Waals surface area contributed by atoms with Crippen molar-refractivity contribution in [1.82, 2.24) is 10.3 Å². The van der Waals surface area contributed by atoms with Gasteiger partial charge in [0.25, 0.3) is 0 Å². The number of benzene rings is 1. The highest BCUT2D eigenvalue weighted by Crippen LogP contribution is 2.43. The largest absolute Gasteiger partial charge is 0.308 e. The van der Waals surface area contributed by atoms with E-state index in [1.165, 1.54) is 4.88 Å². The second-order valence-corrected chi connectivity index (χ2v) is 6.82. The fraction of sp³-hybridized carbons (Fsp3) is 0.412. The first-order valence-electron chi connectivity index (χ1n) is 7.39. The number of nitrogens with zero attached hydrogens (tertiary/aromatic N) is 2. The van der Waals surface area contributed by atoms with Gasteiger partial charge in [-0.05, 0) is 24.8 Å². The number of hydrogen-bond acceptors (Lipinski definition) is 4. The SMILES string of the molecule is CCc1cnc(CNC2CC(C#N)(c3ccccc3)C2)s1. The van der Waals surface area contributed by atoms with Crippen molar-refractivity contribution in [3.05, 3.63) is 52.0 Å². The van der Waals surface area contributed by atoms with Crippen LogP contribution >= 0.6 is 11.3 Å². The molecule has 108 valence electrons. The number of hydrogen-bond donors (Lipinski definition) is 1. The quantitative estimate of drug-likeness (QED) is 0.920. The molecule has 1 saturated carbocycles. The van der Waals surface area contributed by atoms with E-state index >= 15 is 0 Å². The van der Waals surface area contributed by atoms with Gasteiger partial charge >= 0.3 is 0 Å². The molecular weight excluding hydrogens is 278 g/mol. The van der Waals surface area contributed by atoms with Crippen molar-refractivity contribution >= 4 is 11.3 Å². The molecule has 0 bridgehead atoms. The van der Waals surface area contributed by atoms with Gasteiger partial charge < -0.3 is 5.32 Å². The summed E-state index contributed by atoms with van der Waals surface area (Å²) in [7, 11) is 0. The van der Waals surface area contributed by atoms with Gasteiger partial charge in [0.1, 0.15) is 5.01 Å². The van der Waals surface area contributed by atoms with Gasteiger partial charge in [0.05, 0.1) is 11.5 Å². The van der Waals surface area contributed by atoms with E-state index in [0.717, 1.165) is 36.4 Å². The molecule has 1 N–H and O–H groups in total. The zero-order valence-electron chi connectivity index (χ0n) is 12.2. The van der Waals surface area contributed by atoms with Crippen molar-refractivity contribution in [2.45, 2.75) is 44.2 Å². The predicted octanol–water partition coefficient (Wildman–Crippen LogP) is 3.42. The standard InChI is InChI=1S/C17H19N3S/c1-2-15-10-20-16(21-15)11-19-14-8-17(9-14,12-18)13-6-4-3-5-7-13/h3-7,10,14,19H,2,8-9,11H2,1H3. The zero-order valence-corrected chi connectivity index (χ0v) is 13.0. The van der Waals surface area contributed by atoms with Gasteiger partial charge in [0.2, 0.25) is 0 Å². The third-order valence-electron chi connectivity index (χ3n) is 4.22. The Hall–Kier alpha value is -1.70. The minimum absolute atomic E-state index is 0.295. The average Bonchev–Trinajstić information content (AvgIpc) is 2.95. The van der Waals surface area contributed by atoms with Crippen molar-refractivity contribution in [3.8, 4) is 6.07 Å². The number of nitrogens with one attached hydrogen (secondary N) is 1. The van der Waals surface area contributed by atoms with Crippen molar-refractivity contribution < 1.29 is 0 Å². The second kappa shape index (κ2) is 5.97. The van der Waals surface area contributed by atoms with Gasteiger partial charge in [0, 0.05) is 23.7 Å². The molecule has 0 aliphatic heterocycles. The van der Waals surface area contributed by atoms with Crippen LogP contribution in [0, 0.1) is 11.3 Å². The monoisotopic (exact) mass is 297 g/mol. The fourth-order valence-corrected chi connectivity index (χ4v) is 3.71. The molecule has 0 radical (unpaired) electrons. The average molecular weight is 297 g/mol. The van der Waals surface area contributed by atoms with Crippen LogP contribution in [0.3, 0.4) is 0 Å². The highest BCUT2D eigenvalue weighted by Gasteiger charge is 2.45. The molecule has 0 atom stereocenters. The lowest BCUT2D eigenvalue weighted by Crippen LogP contribution is -2.50. The van der Waals surface area contributed by atoms with Gasteiger partial charge in [-0.2, -0.15) is 5.26 Å². The summed E-state index contributed by atoms with van der Waals surface area (Å²) in [6, 6.07) is 13.1. The minimum Gasteiger partial charge on any atom is -0.308 e. The van der Waals surface area contributed by atoms with E-state index in [2.05, 4.69) is 35.4 Å². The Balaban J connectivity index is 1.56. The summed E-state index contributed by atoms with van der Waals surface area (Å²) >= 11 is 1.77. The van der Waals surface area contributed by atoms with Crippen LogP contribution in [0.4, 0.5) is 0 Å². The Labute approximate surface area is 129 Å². The van der Waals surface area contributed by atoms with E-state index in [9.17, 15) is 5.26 Å². The maximum atomic E-state index is 9.54. The van der Waals surface area contributed by atoms with Crippen LogP contribution in [0.15, 0.2) is 36.5 Å². The molecule has 3 rings (SSSR count). The normalized spacial score (nSPS) is 24.3. The number of aromatic nitrogens is 1. The summed E-state index contributed by atoms with van der Waals surface area (Å²) in [5, 5.41) is 14.2. The maximum Gasteiger partial charge on any atom is 0.107 e. The second-order valence-electron chi connectivity index (χ2n) is 5.62. The van der Waals surface area contributed by atoms with Crippen LogP contribution in [-0.4, -0.2) is 11.0 Å². The molecule has 1 aliphatic carbocycles. The van der Waals surface area contributed by atoms with Gasteiger partial charge in [0.15, 0.2) is 0 Å². The Morgan fingerprint density at radius 1 is 1.38 bits per heavy atom. The van der Waals surface area contributed by atoms with E-state index in [4.69, 9.17) is 0 Å². The van der Waals surface area contributed by atoms with Crippen LogP contribution in [0.1, 0.15) is 35.2 Å².